The van der Waals surface area contributed by atoms with Crippen LogP contribution in [0.4, 0.5) is 0 Å². The SMILES string of the molecule is CCONC(=O)c1cc(Cc2ccccc2)ccc1O. The second-order valence-electron chi connectivity index (χ2n) is 4.38. The normalized spacial score (nSPS) is 10.2. The van der Waals surface area contributed by atoms with Gasteiger partial charge in [0.1, 0.15) is 5.75 Å². The van der Waals surface area contributed by atoms with Crippen LogP contribution in [0.3, 0.4) is 0 Å². The lowest BCUT2D eigenvalue weighted by Gasteiger charge is -2.08. The summed E-state index contributed by atoms with van der Waals surface area (Å²) in [4.78, 5) is 16.7. The van der Waals surface area contributed by atoms with Crippen molar-refractivity contribution in [3.05, 3.63) is 65.2 Å². The van der Waals surface area contributed by atoms with Crippen molar-refractivity contribution < 1.29 is 14.7 Å². The minimum atomic E-state index is -0.445. The first-order chi connectivity index (χ1) is 9.70. The molecule has 0 spiro atoms. The van der Waals surface area contributed by atoms with E-state index in [4.69, 9.17) is 4.84 Å². The van der Waals surface area contributed by atoms with E-state index in [1.54, 1.807) is 19.1 Å². The molecule has 0 radical (unpaired) electrons. The van der Waals surface area contributed by atoms with Gasteiger partial charge in [-0.2, -0.15) is 0 Å². The topological polar surface area (TPSA) is 58.6 Å². The molecule has 0 atom stereocenters. The number of hydrogen-bond donors (Lipinski definition) is 2. The van der Waals surface area contributed by atoms with Crippen molar-refractivity contribution in [2.45, 2.75) is 13.3 Å². The van der Waals surface area contributed by atoms with Gasteiger partial charge in [0, 0.05) is 0 Å². The highest BCUT2D eigenvalue weighted by Crippen LogP contribution is 2.20. The molecule has 0 aromatic heterocycles. The van der Waals surface area contributed by atoms with Crippen molar-refractivity contribution in [1.82, 2.24) is 5.48 Å². The molecule has 1 amide bonds. The second-order valence-corrected chi connectivity index (χ2v) is 4.38. The monoisotopic (exact) mass is 271 g/mol. The fraction of sp³-hybridized carbons (Fsp3) is 0.188. The predicted octanol–water partition coefficient (Wildman–Crippen LogP) is 2.66. The molecule has 0 aliphatic rings. The van der Waals surface area contributed by atoms with Crippen molar-refractivity contribution in [1.29, 1.82) is 0 Å². The summed E-state index contributed by atoms with van der Waals surface area (Å²) in [5.74, 6) is -0.502. The molecule has 20 heavy (non-hydrogen) atoms. The van der Waals surface area contributed by atoms with Gasteiger partial charge in [-0.05, 0) is 36.6 Å². The summed E-state index contributed by atoms with van der Waals surface area (Å²) < 4.78 is 0. The maximum Gasteiger partial charge on any atom is 0.278 e. The van der Waals surface area contributed by atoms with Gasteiger partial charge < -0.3 is 5.11 Å². The van der Waals surface area contributed by atoms with Gasteiger partial charge in [-0.15, -0.1) is 0 Å². The van der Waals surface area contributed by atoms with Crippen LogP contribution in [0.5, 0.6) is 5.75 Å². The molecular weight excluding hydrogens is 254 g/mol. The molecule has 0 saturated heterocycles. The standard InChI is InChI=1S/C16H17NO3/c1-2-20-17-16(19)14-11-13(8-9-15(14)18)10-12-6-4-3-5-7-12/h3-9,11,18H,2,10H2,1H3,(H,17,19). The van der Waals surface area contributed by atoms with Gasteiger partial charge in [0.2, 0.25) is 0 Å². The lowest BCUT2D eigenvalue weighted by atomic mass is 10.0. The van der Waals surface area contributed by atoms with E-state index in [1.165, 1.54) is 6.07 Å². The number of phenolic OH excluding ortho intramolecular Hbond substituents is 1. The zero-order valence-corrected chi connectivity index (χ0v) is 11.3. The van der Waals surface area contributed by atoms with Crippen molar-refractivity contribution in [2.75, 3.05) is 6.61 Å². The molecule has 2 aromatic carbocycles. The van der Waals surface area contributed by atoms with Crippen LogP contribution in [-0.2, 0) is 11.3 Å². The highest BCUT2D eigenvalue weighted by Gasteiger charge is 2.12. The molecule has 4 nitrogen and oxygen atoms in total. The Hall–Kier alpha value is -2.33. The van der Waals surface area contributed by atoms with Crippen LogP contribution in [0.2, 0.25) is 0 Å². The Morgan fingerprint density at radius 2 is 1.90 bits per heavy atom. The van der Waals surface area contributed by atoms with Crippen LogP contribution >= 0.6 is 0 Å². The number of hydrogen-bond acceptors (Lipinski definition) is 3. The minimum Gasteiger partial charge on any atom is -0.507 e. The summed E-state index contributed by atoms with van der Waals surface area (Å²) in [7, 11) is 0. The van der Waals surface area contributed by atoms with E-state index in [2.05, 4.69) is 5.48 Å². The summed E-state index contributed by atoms with van der Waals surface area (Å²) in [5, 5.41) is 9.75. The van der Waals surface area contributed by atoms with Crippen molar-refractivity contribution >= 4 is 5.91 Å². The van der Waals surface area contributed by atoms with E-state index in [0.29, 0.717) is 13.0 Å². The second kappa shape index (κ2) is 6.73. The van der Waals surface area contributed by atoms with Gasteiger partial charge in [-0.3, -0.25) is 9.63 Å². The molecule has 0 saturated carbocycles. The van der Waals surface area contributed by atoms with Crippen LogP contribution in [-0.4, -0.2) is 17.6 Å². The molecule has 0 heterocycles. The number of nitrogens with one attached hydrogen (secondary N) is 1. The van der Waals surface area contributed by atoms with E-state index in [-0.39, 0.29) is 11.3 Å². The van der Waals surface area contributed by atoms with Gasteiger partial charge in [-0.25, -0.2) is 5.48 Å². The highest BCUT2D eigenvalue weighted by atomic mass is 16.6. The lowest BCUT2D eigenvalue weighted by Crippen LogP contribution is -2.23. The molecule has 0 unspecified atom stereocenters. The zero-order valence-electron chi connectivity index (χ0n) is 11.3. The van der Waals surface area contributed by atoms with Gasteiger partial charge >= 0.3 is 0 Å². The van der Waals surface area contributed by atoms with E-state index < -0.39 is 5.91 Å². The first-order valence-corrected chi connectivity index (χ1v) is 6.48. The van der Waals surface area contributed by atoms with E-state index in [9.17, 15) is 9.90 Å². The molecular formula is C16H17NO3. The van der Waals surface area contributed by atoms with Gasteiger partial charge in [0.25, 0.3) is 5.91 Å². The number of amides is 1. The van der Waals surface area contributed by atoms with E-state index in [1.807, 2.05) is 30.3 Å². The van der Waals surface area contributed by atoms with Crippen LogP contribution in [0.1, 0.15) is 28.4 Å². The van der Waals surface area contributed by atoms with Gasteiger partial charge in [0.05, 0.1) is 12.2 Å². The Kier molecular flexibility index (Phi) is 4.74. The Balaban J connectivity index is 2.18. The zero-order chi connectivity index (χ0) is 14.4. The average Bonchev–Trinajstić information content (AvgIpc) is 2.48. The summed E-state index contributed by atoms with van der Waals surface area (Å²) >= 11 is 0. The fourth-order valence-electron chi connectivity index (χ4n) is 1.90. The Labute approximate surface area is 118 Å². The Morgan fingerprint density at radius 1 is 1.15 bits per heavy atom. The summed E-state index contributed by atoms with van der Waals surface area (Å²) in [5.41, 5.74) is 4.60. The molecule has 4 heteroatoms. The number of phenols is 1. The van der Waals surface area contributed by atoms with Crippen LogP contribution in [0.25, 0.3) is 0 Å². The molecule has 2 N–H and O–H groups in total. The fourth-order valence-corrected chi connectivity index (χ4v) is 1.90. The number of rotatable bonds is 5. The third-order valence-electron chi connectivity index (χ3n) is 2.87. The number of aromatic hydroxyl groups is 1. The van der Waals surface area contributed by atoms with Gasteiger partial charge in [0.15, 0.2) is 0 Å². The molecule has 0 aliphatic carbocycles. The molecule has 0 bridgehead atoms. The summed E-state index contributed by atoms with van der Waals surface area (Å²) in [6, 6.07) is 15.0. The first kappa shape index (κ1) is 14.1. The summed E-state index contributed by atoms with van der Waals surface area (Å²) in [6.07, 6.45) is 0.704. The largest absolute Gasteiger partial charge is 0.507 e. The Bertz CT molecular complexity index is 582. The average molecular weight is 271 g/mol. The minimum absolute atomic E-state index is 0.0565. The Morgan fingerprint density at radius 3 is 2.60 bits per heavy atom. The third kappa shape index (κ3) is 3.59. The van der Waals surface area contributed by atoms with Crippen molar-refractivity contribution in [2.24, 2.45) is 0 Å². The van der Waals surface area contributed by atoms with Crippen molar-refractivity contribution in [3.63, 3.8) is 0 Å². The smallest absolute Gasteiger partial charge is 0.278 e. The van der Waals surface area contributed by atoms with E-state index >= 15 is 0 Å². The molecule has 0 fully saturated rings. The molecule has 104 valence electrons. The quantitative estimate of drug-likeness (QED) is 0.822. The van der Waals surface area contributed by atoms with Crippen LogP contribution < -0.4 is 5.48 Å². The van der Waals surface area contributed by atoms with Crippen molar-refractivity contribution in [3.8, 4) is 5.75 Å². The molecule has 2 aromatic rings. The number of benzene rings is 2. The van der Waals surface area contributed by atoms with E-state index in [0.717, 1.165) is 11.1 Å². The predicted molar refractivity (Wildman–Crippen MR) is 76.4 cm³/mol. The summed E-state index contributed by atoms with van der Waals surface area (Å²) in [6.45, 7) is 2.14. The number of carbonyl (C=O) groups is 1. The number of hydroxylamine groups is 1. The van der Waals surface area contributed by atoms with Crippen LogP contribution in [0.15, 0.2) is 48.5 Å². The first-order valence-electron chi connectivity index (χ1n) is 6.48. The number of carbonyl (C=O) groups excluding carboxylic acids is 1. The maximum absolute atomic E-state index is 11.8. The molecule has 2 rings (SSSR count). The third-order valence-corrected chi connectivity index (χ3v) is 2.87. The maximum atomic E-state index is 11.8. The van der Waals surface area contributed by atoms with Crippen LogP contribution in [0, 0.1) is 0 Å². The van der Waals surface area contributed by atoms with Gasteiger partial charge in [-0.1, -0.05) is 36.4 Å². The lowest BCUT2D eigenvalue weighted by molar-refractivity contribution is 0.0362. The molecule has 0 aliphatic heterocycles. The highest BCUT2D eigenvalue weighted by molar-refractivity contribution is 5.96.